The lowest BCUT2D eigenvalue weighted by Crippen LogP contribution is -2.62. The zero-order valence-electron chi connectivity index (χ0n) is 14.4. The molecular formula is C21H22N2O2. The number of amides is 1. The molecule has 2 fully saturated rings. The fourth-order valence-electron chi connectivity index (χ4n) is 4.81. The molecule has 0 unspecified atom stereocenters. The van der Waals surface area contributed by atoms with Crippen LogP contribution in [0, 0.1) is 23.2 Å². The van der Waals surface area contributed by atoms with Gasteiger partial charge in [0.1, 0.15) is 6.07 Å². The minimum absolute atomic E-state index is 0.0757. The summed E-state index contributed by atoms with van der Waals surface area (Å²) in [4.78, 5) is 28.3. The number of nitriles is 1. The first-order valence-corrected chi connectivity index (χ1v) is 9.13. The summed E-state index contributed by atoms with van der Waals surface area (Å²) in [5.74, 6) is -0.439. The van der Waals surface area contributed by atoms with Gasteiger partial charge >= 0.3 is 0 Å². The van der Waals surface area contributed by atoms with E-state index in [1.54, 1.807) is 6.08 Å². The second-order valence-electron chi connectivity index (χ2n) is 7.54. The zero-order valence-corrected chi connectivity index (χ0v) is 14.4. The van der Waals surface area contributed by atoms with Gasteiger partial charge < -0.3 is 4.90 Å². The number of benzene rings is 1. The maximum Gasteiger partial charge on any atom is 0.237 e. The third-order valence-corrected chi connectivity index (χ3v) is 6.42. The Balaban J connectivity index is 1.91. The first-order valence-electron chi connectivity index (χ1n) is 9.13. The van der Waals surface area contributed by atoms with E-state index in [-0.39, 0.29) is 29.1 Å². The second kappa shape index (κ2) is 5.84. The number of hydrogen-bond donors (Lipinski definition) is 0. The van der Waals surface area contributed by atoms with Crippen molar-refractivity contribution in [2.24, 2.45) is 11.8 Å². The smallest absolute Gasteiger partial charge is 0.237 e. The van der Waals surface area contributed by atoms with Gasteiger partial charge in [0.2, 0.25) is 5.91 Å². The molecule has 1 aromatic carbocycles. The van der Waals surface area contributed by atoms with Gasteiger partial charge in [-0.3, -0.25) is 9.59 Å². The highest BCUT2D eigenvalue weighted by Crippen LogP contribution is 2.50. The van der Waals surface area contributed by atoms with Crippen molar-refractivity contribution in [3.05, 3.63) is 47.5 Å². The number of allylic oxidation sites excluding steroid dienone is 1. The van der Waals surface area contributed by atoms with Gasteiger partial charge in [0, 0.05) is 18.5 Å². The lowest BCUT2D eigenvalue weighted by molar-refractivity contribution is -0.149. The van der Waals surface area contributed by atoms with Gasteiger partial charge in [-0.15, -0.1) is 0 Å². The first-order chi connectivity index (χ1) is 12.1. The number of fused-ring (bicyclic) bond motifs is 1. The van der Waals surface area contributed by atoms with Crippen LogP contribution >= 0.6 is 0 Å². The van der Waals surface area contributed by atoms with Crippen LogP contribution in [0.15, 0.2) is 42.0 Å². The van der Waals surface area contributed by atoms with Crippen LogP contribution in [0.2, 0.25) is 0 Å². The van der Waals surface area contributed by atoms with E-state index < -0.39 is 5.41 Å². The number of hydrogen-bond acceptors (Lipinski definition) is 3. The summed E-state index contributed by atoms with van der Waals surface area (Å²) < 4.78 is 0. The summed E-state index contributed by atoms with van der Waals surface area (Å²) in [6.07, 6.45) is 5.78. The van der Waals surface area contributed by atoms with Gasteiger partial charge in [0.15, 0.2) is 5.78 Å². The number of nitrogens with zero attached hydrogens (tertiary/aromatic N) is 2. The van der Waals surface area contributed by atoms with Gasteiger partial charge in [0.05, 0.1) is 11.0 Å². The molecule has 4 heteroatoms. The first kappa shape index (κ1) is 16.1. The van der Waals surface area contributed by atoms with Crippen molar-refractivity contribution in [1.29, 1.82) is 5.26 Å². The molecule has 1 heterocycles. The monoisotopic (exact) mass is 334 g/mol. The van der Waals surface area contributed by atoms with Crippen LogP contribution < -0.4 is 0 Å². The van der Waals surface area contributed by atoms with E-state index in [9.17, 15) is 14.9 Å². The summed E-state index contributed by atoms with van der Waals surface area (Å²) in [7, 11) is 0. The molecule has 0 bridgehead atoms. The summed E-state index contributed by atoms with van der Waals surface area (Å²) in [5, 5.41) is 9.49. The second-order valence-corrected chi connectivity index (χ2v) is 7.54. The molecule has 0 radical (unpaired) electrons. The van der Waals surface area contributed by atoms with Crippen molar-refractivity contribution in [3.8, 4) is 6.07 Å². The Labute approximate surface area is 148 Å². The Morgan fingerprint density at radius 2 is 1.88 bits per heavy atom. The van der Waals surface area contributed by atoms with Gasteiger partial charge in [-0.25, -0.2) is 0 Å². The van der Waals surface area contributed by atoms with Gasteiger partial charge in [-0.1, -0.05) is 37.3 Å². The standard InChI is InChI=1S/C21H22N2O2/c1-14-18-10-11-23(17-8-5-9-17)20(25)21(18,12-15(13-22)19(14)24)16-6-3-2-4-7-16/h2-4,6-7,12,14,17-18H,5,8-11H2,1H3/t14-,18-,21+/m1/s1. The van der Waals surface area contributed by atoms with Crippen molar-refractivity contribution in [3.63, 3.8) is 0 Å². The Morgan fingerprint density at radius 3 is 2.48 bits per heavy atom. The third kappa shape index (κ3) is 2.18. The third-order valence-electron chi connectivity index (χ3n) is 6.42. The van der Waals surface area contributed by atoms with Crippen molar-refractivity contribution >= 4 is 11.7 Å². The van der Waals surface area contributed by atoms with E-state index in [0.717, 1.165) is 31.4 Å². The predicted octanol–water partition coefficient (Wildman–Crippen LogP) is 2.99. The molecule has 128 valence electrons. The van der Waals surface area contributed by atoms with Crippen LogP contribution in [0.1, 0.15) is 38.2 Å². The zero-order chi connectivity index (χ0) is 17.6. The number of carbonyl (C=O) groups is 2. The van der Waals surface area contributed by atoms with Crippen molar-refractivity contribution < 1.29 is 9.59 Å². The SMILES string of the molecule is C[C@H]1C(=O)C(C#N)=C[C@@]2(c3ccccc3)C(=O)N(C3CCC3)CC[C@H]12. The molecule has 25 heavy (non-hydrogen) atoms. The fraction of sp³-hybridized carbons (Fsp3) is 0.476. The van der Waals surface area contributed by atoms with Gasteiger partial charge in [-0.05, 0) is 43.2 Å². The number of rotatable bonds is 2. The van der Waals surface area contributed by atoms with Crippen molar-refractivity contribution in [2.45, 2.75) is 44.1 Å². The molecule has 1 aliphatic heterocycles. The Hall–Kier alpha value is -2.41. The molecule has 4 nitrogen and oxygen atoms in total. The van der Waals surface area contributed by atoms with Crippen molar-refractivity contribution in [2.75, 3.05) is 6.54 Å². The predicted molar refractivity (Wildman–Crippen MR) is 93.4 cm³/mol. The molecule has 0 aromatic heterocycles. The topological polar surface area (TPSA) is 61.2 Å². The summed E-state index contributed by atoms with van der Waals surface area (Å²) in [5.41, 5.74) is 0.158. The Morgan fingerprint density at radius 1 is 1.16 bits per heavy atom. The molecule has 2 aliphatic carbocycles. The molecule has 3 atom stereocenters. The summed E-state index contributed by atoms with van der Waals surface area (Å²) >= 11 is 0. The molecule has 1 amide bonds. The largest absolute Gasteiger partial charge is 0.339 e. The maximum atomic E-state index is 13.7. The normalized spacial score (nSPS) is 32.5. The van der Waals surface area contributed by atoms with E-state index in [2.05, 4.69) is 0 Å². The van der Waals surface area contributed by atoms with Crippen LogP contribution in [-0.2, 0) is 15.0 Å². The van der Waals surface area contributed by atoms with Crippen molar-refractivity contribution in [1.82, 2.24) is 4.90 Å². The maximum absolute atomic E-state index is 13.7. The highest BCUT2D eigenvalue weighted by Gasteiger charge is 2.57. The highest BCUT2D eigenvalue weighted by atomic mass is 16.2. The molecule has 0 N–H and O–H groups in total. The van der Waals surface area contributed by atoms with E-state index in [1.165, 1.54) is 6.42 Å². The van der Waals surface area contributed by atoms with Crippen LogP contribution in [0.3, 0.4) is 0 Å². The average Bonchev–Trinajstić information content (AvgIpc) is 2.60. The number of carbonyl (C=O) groups excluding carboxylic acids is 2. The van der Waals surface area contributed by atoms with Crippen LogP contribution in [0.5, 0.6) is 0 Å². The van der Waals surface area contributed by atoms with Crippen LogP contribution in [0.25, 0.3) is 0 Å². The van der Waals surface area contributed by atoms with E-state index in [0.29, 0.717) is 6.04 Å². The lowest BCUT2D eigenvalue weighted by Gasteiger charge is -2.53. The summed E-state index contributed by atoms with van der Waals surface area (Å²) in [6.45, 7) is 2.59. The van der Waals surface area contributed by atoms with Gasteiger partial charge in [0.25, 0.3) is 0 Å². The number of Topliss-reactive ketones (excluding diaryl/α,β-unsaturated/α-hetero) is 1. The van der Waals surface area contributed by atoms with E-state index >= 15 is 0 Å². The van der Waals surface area contributed by atoms with Crippen LogP contribution in [0.4, 0.5) is 0 Å². The average molecular weight is 334 g/mol. The lowest BCUT2D eigenvalue weighted by atomic mass is 9.57. The van der Waals surface area contributed by atoms with Gasteiger partial charge in [-0.2, -0.15) is 5.26 Å². The van der Waals surface area contributed by atoms with E-state index in [4.69, 9.17) is 0 Å². The molecule has 1 saturated carbocycles. The number of piperidine rings is 1. The number of ketones is 1. The van der Waals surface area contributed by atoms with Crippen LogP contribution in [-0.4, -0.2) is 29.2 Å². The molecule has 3 aliphatic rings. The minimum Gasteiger partial charge on any atom is -0.339 e. The fourth-order valence-corrected chi connectivity index (χ4v) is 4.81. The molecule has 0 spiro atoms. The Kier molecular flexibility index (Phi) is 3.76. The molecular weight excluding hydrogens is 312 g/mol. The van der Waals surface area contributed by atoms with E-state index in [1.807, 2.05) is 48.2 Å². The number of likely N-dealkylation sites (tertiary alicyclic amines) is 1. The quantitative estimate of drug-likeness (QED) is 0.835. The highest BCUT2D eigenvalue weighted by molar-refractivity contribution is 6.06. The molecule has 4 rings (SSSR count). The minimum atomic E-state index is -0.881. The molecule has 1 aromatic rings. The summed E-state index contributed by atoms with van der Waals surface area (Å²) in [6, 6.07) is 12.1. The molecule has 1 saturated heterocycles. The Bertz CT molecular complexity index is 788.